The quantitative estimate of drug-likeness (QED) is 0.726. The van der Waals surface area contributed by atoms with Crippen molar-refractivity contribution in [2.45, 2.75) is 6.92 Å². The van der Waals surface area contributed by atoms with Crippen LogP contribution in [-0.4, -0.2) is 21.6 Å². The Morgan fingerprint density at radius 3 is 2.89 bits per heavy atom. The Balaban J connectivity index is 2.30. The number of hydrogen-bond donors (Lipinski definition) is 1. The molecule has 1 aromatic carbocycles. The van der Waals surface area contributed by atoms with Gasteiger partial charge in [0.1, 0.15) is 5.75 Å². The normalized spacial score (nSPS) is 10.8. The number of hydrogen-bond acceptors (Lipinski definition) is 3. The van der Waals surface area contributed by atoms with E-state index < -0.39 is 0 Å². The number of nitrogens with one attached hydrogen (secondary N) is 1. The molecule has 0 saturated carbocycles. The SMILES string of the molecule is COc1ccc(-n2c(=S)[nH]c3cccnc32)c(C)c1. The Bertz CT molecular complexity index is 804. The highest BCUT2D eigenvalue weighted by molar-refractivity contribution is 7.71. The maximum Gasteiger partial charge on any atom is 0.184 e. The summed E-state index contributed by atoms with van der Waals surface area (Å²) in [6, 6.07) is 9.75. The van der Waals surface area contributed by atoms with Gasteiger partial charge < -0.3 is 9.72 Å². The number of fused-ring (bicyclic) bond motifs is 1. The van der Waals surface area contributed by atoms with Crippen molar-refractivity contribution >= 4 is 23.4 Å². The molecule has 0 radical (unpaired) electrons. The molecule has 1 N–H and O–H groups in total. The standard InChI is InChI=1S/C14H13N3OS/c1-9-8-10(18-2)5-6-12(9)17-13-11(16-14(17)19)4-3-7-15-13/h3-8H,1-2H3,(H,16,19). The third-order valence-electron chi connectivity index (χ3n) is 3.09. The van der Waals surface area contributed by atoms with E-state index >= 15 is 0 Å². The van der Waals surface area contributed by atoms with E-state index in [0.29, 0.717) is 4.77 Å². The van der Waals surface area contributed by atoms with Crippen molar-refractivity contribution in [2.75, 3.05) is 7.11 Å². The lowest BCUT2D eigenvalue weighted by Gasteiger charge is -2.09. The van der Waals surface area contributed by atoms with Gasteiger partial charge in [0.15, 0.2) is 10.4 Å². The van der Waals surface area contributed by atoms with Crippen LogP contribution in [-0.2, 0) is 0 Å². The summed E-state index contributed by atoms with van der Waals surface area (Å²) in [7, 11) is 1.66. The lowest BCUT2D eigenvalue weighted by molar-refractivity contribution is 0.414. The molecular formula is C14H13N3OS. The van der Waals surface area contributed by atoms with Gasteiger partial charge in [-0.25, -0.2) is 4.98 Å². The summed E-state index contributed by atoms with van der Waals surface area (Å²) >= 11 is 5.39. The van der Waals surface area contributed by atoms with Crippen LogP contribution in [0.3, 0.4) is 0 Å². The van der Waals surface area contributed by atoms with Crippen LogP contribution in [0, 0.1) is 11.7 Å². The molecule has 0 fully saturated rings. The molecule has 0 spiro atoms. The molecule has 0 bridgehead atoms. The number of pyridine rings is 1. The van der Waals surface area contributed by atoms with Crippen molar-refractivity contribution in [3.8, 4) is 11.4 Å². The average Bonchev–Trinajstić information content (AvgIpc) is 2.75. The summed E-state index contributed by atoms with van der Waals surface area (Å²) in [5.41, 5.74) is 3.86. The number of aromatic amines is 1. The van der Waals surface area contributed by atoms with Crippen molar-refractivity contribution in [3.05, 3.63) is 46.9 Å². The zero-order valence-electron chi connectivity index (χ0n) is 10.7. The van der Waals surface area contributed by atoms with Crippen LogP contribution < -0.4 is 4.74 Å². The number of aromatic nitrogens is 3. The fourth-order valence-electron chi connectivity index (χ4n) is 2.17. The second kappa shape index (κ2) is 4.51. The van der Waals surface area contributed by atoms with E-state index in [4.69, 9.17) is 17.0 Å². The van der Waals surface area contributed by atoms with Crippen LogP contribution in [0.25, 0.3) is 16.9 Å². The molecule has 0 aliphatic rings. The largest absolute Gasteiger partial charge is 0.497 e. The molecule has 3 rings (SSSR count). The summed E-state index contributed by atoms with van der Waals surface area (Å²) in [6.45, 7) is 2.03. The maximum absolute atomic E-state index is 5.39. The van der Waals surface area contributed by atoms with Gasteiger partial charge in [-0.15, -0.1) is 0 Å². The molecule has 4 nitrogen and oxygen atoms in total. The zero-order valence-corrected chi connectivity index (χ0v) is 11.5. The molecule has 5 heteroatoms. The number of nitrogens with zero attached hydrogens (tertiary/aromatic N) is 2. The molecule has 0 aliphatic heterocycles. The highest BCUT2D eigenvalue weighted by Crippen LogP contribution is 2.23. The summed E-state index contributed by atoms with van der Waals surface area (Å²) < 4.78 is 7.81. The van der Waals surface area contributed by atoms with Crippen molar-refractivity contribution in [2.24, 2.45) is 0 Å². The third kappa shape index (κ3) is 1.92. The first-order chi connectivity index (χ1) is 9.20. The number of benzene rings is 1. The average molecular weight is 271 g/mol. The van der Waals surface area contributed by atoms with Gasteiger partial charge >= 0.3 is 0 Å². The highest BCUT2D eigenvalue weighted by atomic mass is 32.1. The molecule has 0 aliphatic carbocycles. The Labute approximate surface area is 115 Å². The Kier molecular flexibility index (Phi) is 2.83. The monoisotopic (exact) mass is 271 g/mol. The van der Waals surface area contributed by atoms with E-state index in [1.165, 1.54) is 0 Å². The summed E-state index contributed by atoms with van der Waals surface area (Å²) in [5, 5.41) is 0. The number of H-pyrrole nitrogens is 1. The number of imidazole rings is 1. The van der Waals surface area contributed by atoms with Crippen molar-refractivity contribution in [1.82, 2.24) is 14.5 Å². The van der Waals surface area contributed by atoms with Gasteiger partial charge in [0.25, 0.3) is 0 Å². The molecule has 0 atom stereocenters. The smallest absolute Gasteiger partial charge is 0.184 e. The molecule has 19 heavy (non-hydrogen) atoms. The number of aryl methyl sites for hydroxylation is 1. The van der Waals surface area contributed by atoms with Crippen molar-refractivity contribution < 1.29 is 4.74 Å². The van der Waals surface area contributed by atoms with Gasteiger partial charge in [0, 0.05) is 6.20 Å². The molecule has 0 unspecified atom stereocenters. The number of methoxy groups -OCH3 is 1. The molecule has 2 aromatic heterocycles. The van der Waals surface area contributed by atoms with Crippen LogP contribution in [0.4, 0.5) is 0 Å². The first kappa shape index (κ1) is 11.9. The minimum Gasteiger partial charge on any atom is -0.497 e. The zero-order chi connectivity index (χ0) is 13.4. The van der Waals surface area contributed by atoms with E-state index in [-0.39, 0.29) is 0 Å². The minimum absolute atomic E-state index is 0.641. The van der Waals surface area contributed by atoms with Crippen LogP contribution in [0.1, 0.15) is 5.56 Å². The highest BCUT2D eigenvalue weighted by Gasteiger charge is 2.09. The van der Waals surface area contributed by atoms with Gasteiger partial charge in [-0.1, -0.05) is 0 Å². The third-order valence-corrected chi connectivity index (χ3v) is 3.37. The predicted octanol–water partition coefficient (Wildman–Crippen LogP) is 3.40. The number of rotatable bonds is 2. The lowest BCUT2D eigenvalue weighted by atomic mass is 10.2. The first-order valence-electron chi connectivity index (χ1n) is 5.91. The lowest BCUT2D eigenvalue weighted by Crippen LogP contribution is -1.98. The van der Waals surface area contributed by atoms with Crippen LogP contribution >= 0.6 is 12.2 Å². The predicted molar refractivity (Wildman–Crippen MR) is 77.5 cm³/mol. The topological polar surface area (TPSA) is 42.8 Å². The van der Waals surface area contributed by atoms with Crippen LogP contribution in [0.2, 0.25) is 0 Å². The molecule has 0 saturated heterocycles. The molecule has 3 aromatic rings. The Hall–Kier alpha value is -2.14. The summed E-state index contributed by atoms with van der Waals surface area (Å²) in [5.74, 6) is 0.834. The molecular weight excluding hydrogens is 258 g/mol. The second-order valence-electron chi connectivity index (χ2n) is 4.29. The van der Waals surface area contributed by atoms with Gasteiger partial charge in [-0.2, -0.15) is 0 Å². The molecule has 2 heterocycles. The summed E-state index contributed by atoms with van der Waals surface area (Å²) in [6.07, 6.45) is 1.76. The van der Waals surface area contributed by atoms with Crippen LogP contribution in [0.15, 0.2) is 36.5 Å². The van der Waals surface area contributed by atoms with Gasteiger partial charge in [0.05, 0.1) is 18.3 Å². The van der Waals surface area contributed by atoms with E-state index in [1.807, 2.05) is 41.8 Å². The van der Waals surface area contributed by atoms with E-state index in [9.17, 15) is 0 Å². The van der Waals surface area contributed by atoms with E-state index in [0.717, 1.165) is 28.2 Å². The minimum atomic E-state index is 0.641. The van der Waals surface area contributed by atoms with Crippen molar-refractivity contribution in [3.63, 3.8) is 0 Å². The van der Waals surface area contributed by atoms with Crippen molar-refractivity contribution in [1.29, 1.82) is 0 Å². The van der Waals surface area contributed by atoms with Gasteiger partial charge in [-0.05, 0) is 55.0 Å². The van der Waals surface area contributed by atoms with Crippen LogP contribution in [0.5, 0.6) is 5.75 Å². The summed E-state index contributed by atoms with van der Waals surface area (Å²) in [4.78, 5) is 7.56. The molecule has 0 amide bonds. The van der Waals surface area contributed by atoms with E-state index in [1.54, 1.807) is 13.3 Å². The van der Waals surface area contributed by atoms with Gasteiger partial charge in [0.2, 0.25) is 0 Å². The number of ether oxygens (including phenoxy) is 1. The first-order valence-corrected chi connectivity index (χ1v) is 6.32. The van der Waals surface area contributed by atoms with Gasteiger partial charge in [-0.3, -0.25) is 4.57 Å². The maximum atomic E-state index is 5.39. The molecule has 96 valence electrons. The fraction of sp³-hybridized carbons (Fsp3) is 0.143. The second-order valence-corrected chi connectivity index (χ2v) is 4.68. The Morgan fingerprint density at radius 1 is 1.32 bits per heavy atom. The fourth-order valence-corrected chi connectivity index (χ4v) is 2.46. The van der Waals surface area contributed by atoms with E-state index in [2.05, 4.69) is 9.97 Å². The Morgan fingerprint density at radius 2 is 2.16 bits per heavy atom.